The molecule has 0 N–H and O–H groups in total. The Bertz CT molecular complexity index is 862. The molecular formula is C19H21FN4OS. The highest BCUT2D eigenvalue weighted by atomic mass is 32.1. The number of aromatic nitrogens is 2. The number of benzene rings is 1. The van der Waals surface area contributed by atoms with Gasteiger partial charge in [-0.05, 0) is 38.1 Å². The van der Waals surface area contributed by atoms with Gasteiger partial charge in [0.2, 0.25) is 5.89 Å². The molecule has 26 heavy (non-hydrogen) atoms. The van der Waals surface area contributed by atoms with Crippen LogP contribution in [0.3, 0.4) is 0 Å². The summed E-state index contributed by atoms with van der Waals surface area (Å²) in [4.78, 5) is 13.9. The molecule has 0 spiro atoms. The monoisotopic (exact) mass is 372 g/mol. The van der Waals surface area contributed by atoms with Crippen molar-refractivity contribution in [3.8, 4) is 11.3 Å². The normalized spacial score (nSPS) is 15.6. The fourth-order valence-corrected chi connectivity index (χ4v) is 3.95. The van der Waals surface area contributed by atoms with E-state index < -0.39 is 0 Å². The fourth-order valence-electron chi connectivity index (χ4n) is 3.06. The lowest BCUT2D eigenvalue weighted by Crippen LogP contribution is -2.46. The molecular weight excluding hydrogens is 351 g/mol. The van der Waals surface area contributed by atoms with Crippen LogP contribution in [0.15, 0.2) is 34.1 Å². The summed E-state index contributed by atoms with van der Waals surface area (Å²) in [5.41, 5.74) is 2.81. The summed E-state index contributed by atoms with van der Waals surface area (Å²) in [5.74, 6) is 1.47. The molecule has 5 nitrogen and oxygen atoms in total. The number of nitrogens with zero attached hydrogens (tertiary/aromatic N) is 4. The molecule has 7 heteroatoms. The Morgan fingerprint density at radius 1 is 1.08 bits per heavy atom. The summed E-state index contributed by atoms with van der Waals surface area (Å²) in [6.07, 6.45) is 0. The van der Waals surface area contributed by atoms with Crippen molar-refractivity contribution in [1.29, 1.82) is 0 Å². The van der Waals surface area contributed by atoms with Crippen molar-refractivity contribution in [2.75, 3.05) is 31.1 Å². The summed E-state index contributed by atoms with van der Waals surface area (Å²) in [6, 6.07) is 6.48. The number of piperazine rings is 1. The number of halogens is 1. The first kappa shape index (κ1) is 17.2. The van der Waals surface area contributed by atoms with Crippen LogP contribution in [0.1, 0.15) is 17.3 Å². The van der Waals surface area contributed by atoms with E-state index >= 15 is 0 Å². The molecule has 4 rings (SSSR count). The van der Waals surface area contributed by atoms with Crippen molar-refractivity contribution < 1.29 is 8.81 Å². The lowest BCUT2D eigenvalue weighted by molar-refractivity contribution is 0.225. The molecule has 1 fully saturated rings. The summed E-state index contributed by atoms with van der Waals surface area (Å²) >= 11 is 1.64. The highest BCUT2D eigenvalue weighted by Gasteiger charge is 2.21. The molecule has 0 saturated carbocycles. The van der Waals surface area contributed by atoms with Crippen molar-refractivity contribution in [2.24, 2.45) is 0 Å². The zero-order valence-electron chi connectivity index (χ0n) is 14.9. The molecule has 1 saturated heterocycles. The first-order valence-electron chi connectivity index (χ1n) is 8.70. The van der Waals surface area contributed by atoms with Gasteiger partial charge in [-0.1, -0.05) is 0 Å². The van der Waals surface area contributed by atoms with Crippen molar-refractivity contribution in [3.05, 3.63) is 52.8 Å². The van der Waals surface area contributed by atoms with Crippen LogP contribution in [-0.4, -0.2) is 41.0 Å². The number of anilines is 1. The summed E-state index contributed by atoms with van der Waals surface area (Å²) in [5, 5.41) is 3.06. The number of thiazole rings is 1. The molecule has 0 atom stereocenters. The Morgan fingerprint density at radius 3 is 2.46 bits per heavy atom. The van der Waals surface area contributed by atoms with Crippen molar-refractivity contribution >= 4 is 16.5 Å². The lowest BCUT2D eigenvalue weighted by atomic mass is 10.2. The zero-order valence-corrected chi connectivity index (χ0v) is 15.7. The molecule has 136 valence electrons. The number of rotatable bonds is 4. The van der Waals surface area contributed by atoms with E-state index in [4.69, 9.17) is 9.40 Å². The first-order valence-corrected chi connectivity index (χ1v) is 9.58. The maximum atomic E-state index is 13.1. The minimum atomic E-state index is -0.225. The predicted molar refractivity (Wildman–Crippen MR) is 101 cm³/mol. The van der Waals surface area contributed by atoms with Gasteiger partial charge < -0.3 is 9.32 Å². The van der Waals surface area contributed by atoms with Crippen LogP contribution in [0.2, 0.25) is 0 Å². The fraction of sp³-hybridized carbons (Fsp3) is 0.368. The third kappa shape index (κ3) is 3.64. The highest BCUT2D eigenvalue weighted by Crippen LogP contribution is 2.28. The predicted octanol–water partition coefficient (Wildman–Crippen LogP) is 3.88. The topological polar surface area (TPSA) is 45.4 Å². The molecule has 3 aromatic rings. The minimum absolute atomic E-state index is 0.225. The van der Waals surface area contributed by atoms with E-state index in [1.807, 2.05) is 19.2 Å². The van der Waals surface area contributed by atoms with Crippen LogP contribution in [0.5, 0.6) is 0 Å². The van der Waals surface area contributed by atoms with Crippen molar-refractivity contribution in [1.82, 2.24) is 14.9 Å². The van der Waals surface area contributed by atoms with E-state index in [-0.39, 0.29) is 5.82 Å². The van der Waals surface area contributed by atoms with E-state index in [0.29, 0.717) is 0 Å². The second kappa shape index (κ2) is 7.17. The van der Waals surface area contributed by atoms with Gasteiger partial charge in [0.25, 0.3) is 0 Å². The van der Waals surface area contributed by atoms with Crippen LogP contribution in [0.25, 0.3) is 11.3 Å². The van der Waals surface area contributed by atoms with E-state index in [0.717, 1.165) is 66.5 Å². The molecule has 1 aromatic carbocycles. The summed E-state index contributed by atoms with van der Waals surface area (Å²) in [6.45, 7) is 8.43. The van der Waals surface area contributed by atoms with Crippen LogP contribution >= 0.6 is 11.3 Å². The standard InChI is InChI=1S/C19H21FN4OS/c1-13-14(2)25-18(21-13)11-23-7-9-24(10-8-23)19-22-17(12-26-19)15-3-5-16(20)6-4-15/h3-6,12H,7-11H2,1-2H3. The maximum Gasteiger partial charge on any atom is 0.208 e. The van der Waals surface area contributed by atoms with Gasteiger partial charge >= 0.3 is 0 Å². The van der Waals surface area contributed by atoms with Gasteiger partial charge in [0.05, 0.1) is 17.9 Å². The van der Waals surface area contributed by atoms with Gasteiger partial charge in [0.1, 0.15) is 11.6 Å². The number of oxazole rings is 1. The molecule has 2 aromatic heterocycles. The molecule has 1 aliphatic heterocycles. The Balaban J connectivity index is 1.36. The second-order valence-electron chi connectivity index (χ2n) is 6.53. The van der Waals surface area contributed by atoms with Gasteiger partial charge in [-0.15, -0.1) is 11.3 Å². The molecule has 0 bridgehead atoms. The van der Waals surface area contributed by atoms with Crippen LogP contribution in [0.4, 0.5) is 9.52 Å². The smallest absolute Gasteiger partial charge is 0.208 e. The molecule has 0 aliphatic carbocycles. The van der Waals surface area contributed by atoms with Crippen molar-refractivity contribution in [3.63, 3.8) is 0 Å². The minimum Gasteiger partial charge on any atom is -0.444 e. The van der Waals surface area contributed by atoms with Crippen LogP contribution in [0, 0.1) is 19.7 Å². The second-order valence-corrected chi connectivity index (χ2v) is 7.37. The molecule has 1 aliphatic rings. The lowest BCUT2D eigenvalue weighted by Gasteiger charge is -2.33. The number of hydrogen-bond donors (Lipinski definition) is 0. The quantitative estimate of drug-likeness (QED) is 0.696. The Morgan fingerprint density at radius 2 is 1.81 bits per heavy atom. The Kier molecular flexibility index (Phi) is 4.74. The zero-order chi connectivity index (χ0) is 18.1. The number of aryl methyl sites for hydroxylation is 2. The highest BCUT2D eigenvalue weighted by molar-refractivity contribution is 7.14. The van der Waals surface area contributed by atoms with E-state index in [9.17, 15) is 4.39 Å². The van der Waals surface area contributed by atoms with Crippen LogP contribution in [-0.2, 0) is 6.54 Å². The molecule has 3 heterocycles. The average molecular weight is 372 g/mol. The molecule has 0 amide bonds. The SMILES string of the molecule is Cc1nc(CN2CCN(c3nc(-c4ccc(F)cc4)cs3)CC2)oc1C. The van der Waals surface area contributed by atoms with Crippen molar-refractivity contribution in [2.45, 2.75) is 20.4 Å². The van der Waals surface area contributed by atoms with E-state index in [1.165, 1.54) is 12.1 Å². The van der Waals surface area contributed by atoms with Gasteiger partial charge in [-0.25, -0.2) is 14.4 Å². The number of hydrogen-bond acceptors (Lipinski definition) is 6. The van der Waals surface area contributed by atoms with Gasteiger partial charge in [0, 0.05) is 37.1 Å². The van der Waals surface area contributed by atoms with E-state index in [1.54, 1.807) is 23.5 Å². The van der Waals surface area contributed by atoms with Crippen LogP contribution < -0.4 is 4.90 Å². The van der Waals surface area contributed by atoms with Gasteiger partial charge in [-0.3, -0.25) is 4.90 Å². The molecule has 0 radical (unpaired) electrons. The summed E-state index contributed by atoms with van der Waals surface area (Å²) in [7, 11) is 0. The third-order valence-corrected chi connectivity index (χ3v) is 5.61. The Labute approximate surface area is 156 Å². The average Bonchev–Trinajstić information content (AvgIpc) is 3.24. The van der Waals surface area contributed by atoms with Gasteiger partial charge in [-0.2, -0.15) is 0 Å². The van der Waals surface area contributed by atoms with Gasteiger partial charge in [0.15, 0.2) is 5.13 Å². The maximum absolute atomic E-state index is 13.1. The first-order chi connectivity index (χ1) is 12.6. The van der Waals surface area contributed by atoms with E-state index in [2.05, 4.69) is 14.8 Å². The third-order valence-electron chi connectivity index (χ3n) is 4.71. The molecule has 0 unspecified atom stereocenters. The summed E-state index contributed by atoms with van der Waals surface area (Å²) < 4.78 is 18.8. The Hall–Kier alpha value is -2.25. The largest absolute Gasteiger partial charge is 0.444 e.